The summed E-state index contributed by atoms with van der Waals surface area (Å²) in [6, 6.07) is 6.52. The van der Waals surface area contributed by atoms with Crippen LogP contribution in [-0.2, 0) is 9.59 Å². The van der Waals surface area contributed by atoms with E-state index in [0.717, 1.165) is 11.0 Å². The molecule has 0 unspecified atom stereocenters. The molecule has 102 valence electrons. The van der Waals surface area contributed by atoms with Gasteiger partial charge in [-0.2, -0.15) is 5.26 Å². The van der Waals surface area contributed by atoms with Crippen LogP contribution in [0.15, 0.2) is 30.0 Å². The number of anilines is 1. The van der Waals surface area contributed by atoms with E-state index in [9.17, 15) is 9.59 Å². The van der Waals surface area contributed by atoms with Crippen LogP contribution >= 0.6 is 11.6 Å². The Morgan fingerprint density at radius 3 is 2.80 bits per heavy atom. The molecule has 1 heterocycles. The summed E-state index contributed by atoms with van der Waals surface area (Å²) in [6.07, 6.45) is 1.13. The molecule has 1 aliphatic rings. The highest BCUT2D eigenvalue weighted by Gasteiger charge is 2.30. The van der Waals surface area contributed by atoms with Crippen LogP contribution in [0.5, 0.6) is 0 Å². The molecule has 2 N–H and O–H groups in total. The molecule has 0 atom stereocenters. The number of rotatable bonds is 4. The zero-order valence-electron chi connectivity index (χ0n) is 10.3. The molecular formula is C13H10ClN3O3. The quantitative estimate of drug-likeness (QED) is 0.803. The first-order chi connectivity index (χ1) is 9.56. The number of hydrogen-bond acceptors (Lipinski definition) is 5. The van der Waals surface area contributed by atoms with Gasteiger partial charge in [0.2, 0.25) is 0 Å². The first-order valence-corrected chi connectivity index (χ1v) is 6.09. The first-order valence-electron chi connectivity index (χ1n) is 5.72. The lowest BCUT2D eigenvalue weighted by molar-refractivity contribution is -0.137. The maximum Gasteiger partial charge on any atom is 0.277 e. The Morgan fingerprint density at radius 1 is 1.40 bits per heavy atom. The van der Waals surface area contributed by atoms with Crippen molar-refractivity contribution in [1.29, 1.82) is 5.26 Å². The molecule has 1 aromatic rings. The lowest BCUT2D eigenvalue weighted by Crippen LogP contribution is -2.34. The van der Waals surface area contributed by atoms with Gasteiger partial charge in [0.15, 0.2) is 0 Å². The van der Waals surface area contributed by atoms with E-state index in [1.54, 1.807) is 6.07 Å². The first kappa shape index (κ1) is 14.1. The molecule has 0 saturated carbocycles. The normalized spacial score (nSPS) is 14.2. The van der Waals surface area contributed by atoms with E-state index in [1.165, 1.54) is 12.1 Å². The fraction of sp³-hybridized carbons (Fsp3) is 0.154. The van der Waals surface area contributed by atoms with E-state index in [2.05, 4.69) is 5.32 Å². The molecule has 1 aliphatic heterocycles. The number of aliphatic hydroxyl groups excluding tert-OH is 1. The third-order valence-corrected chi connectivity index (χ3v) is 2.94. The highest BCUT2D eigenvalue weighted by molar-refractivity contribution is 6.31. The zero-order valence-corrected chi connectivity index (χ0v) is 11.0. The van der Waals surface area contributed by atoms with Crippen LogP contribution in [0.2, 0.25) is 5.02 Å². The van der Waals surface area contributed by atoms with Crippen LogP contribution in [0.25, 0.3) is 0 Å². The minimum absolute atomic E-state index is 0.0437. The molecule has 0 saturated heterocycles. The van der Waals surface area contributed by atoms with Gasteiger partial charge in [-0.05, 0) is 18.2 Å². The Balaban J connectivity index is 2.26. The van der Waals surface area contributed by atoms with Crippen LogP contribution in [0.1, 0.15) is 5.56 Å². The Kier molecular flexibility index (Phi) is 4.03. The molecule has 20 heavy (non-hydrogen) atoms. The number of nitrogens with zero attached hydrogens (tertiary/aromatic N) is 2. The van der Waals surface area contributed by atoms with Gasteiger partial charge in [-0.25, -0.2) is 0 Å². The van der Waals surface area contributed by atoms with Gasteiger partial charge in [0.05, 0.1) is 24.4 Å². The van der Waals surface area contributed by atoms with E-state index in [1.807, 2.05) is 6.07 Å². The fourth-order valence-corrected chi connectivity index (χ4v) is 1.94. The van der Waals surface area contributed by atoms with Crippen molar-refractivity contribution in [3.8, 4) is 6.07 Å². The molecule has 0 aliphatic carbocycles. The predicted molar refractivity (Wildman–Crippen MR) is 71.7 cm³/mol. The number of nitriles is 1. The monoisotopic (exact) mass is 291 g/mol. The Bertz CT molecular complexity index is 649. The minimum Gasteiger partial charge on any atom is -0.395 e. The summed E-state index contributed by atoms with van der Waals surface area (Å²) < 4.78 is 0. The SMILES string of the molecule is N#Cc1ccc(Cl)cc1NC1=CC(=O)N(CCO)C1=O. The van der Waals surface area contributed by atoms with E-state index in [-0.39, 0.29) is 18.8 Å². The minimum atomic E-state index is -0.548. The average Bonchev–Trinajstić information content (AvgIpc) is 2.67. The number of β-amino-alcohol motifs (C(OH)–C–C–N with tert-alkyl or cyclic N) is 1. The van der Waals surface area contributed by atoms with Gasteiger partial charge in [0.25, 0.3) is 11.8 Å². The number of nitrogens with one attached hydrogen (secondary N) is 1. The largest absolute Gasteiger partial charge is 0.395 e. The van der Waals surface area contributed by atoms with Gasteiger partial charge in [-0.15, -0.1) is 0 Å². The van der Waals surface area contributed by atoms with E-state index < -0.39 is 11.8 Å². The van der Waals surface area contributed by atoms with Crippen LogP contribution in [0.3, 0.4) is 0 Å². The van der Waals surface area contributed by atoms with Crippen molar-refractivity contribution in [2.24, 2.45) is 0 Å². The number of imide groups is 1. The molecule has 1 aromatic carbocycles. The molecule has 2 rings (SSSR count). The maximum absolute atomic E-state index is 11.9. The Hall–Kier alpha value is -2.36. The van der Waals surface area contributed by atoms with Crippen molar-refractivity contribution in [3.63, 3.8) is 0 Å². The van der Waals surface area contributed by atoms with Crippen molar-refractivity contribution in [2.75, 3.05) is 18.5 Å². The molecule has 0 spiro atoms. The average molecular weight is 292 g/mol. The van der Waals surface area contributed by atoms with Gasteiger partial charge in [-0.1, -0.05) is 11.6 Å². The van der Waals surface area contributed by atoms with Crippen molar-refractivity contribution in [3.05, 3.63) is 40.6 Å². The van der Waals surface area contributed by atoms with Crippen LogP contribution in [-0.4, -0.2) is 35.0 Å². The summed E-state index contributed by atoms with van der Waals surface area (Å²) in [5.41, 5.74) is 0.691. The summed E-state index contributed by atoms with van der Waals surface area (Å²) >= 11 is 5.84. The number of amides is 2. The second kappa shape index (κ2) is 5.74. The van der Waals surface area contributed by atoms with E-state index in [0.29, 0.717) is 16.3 Å². The lowest BCUT2D eigenvalue weighted by Gasteiger charge is -2.13. The summed E-state index contributed by atoms with van der Waals surface area (Å²) in [5, 5.41) is 20.9. The number of hydrogen-bond donors (Lipinski definition) is 2. The predicted octanol–water partition coefficient (Wildman–Crippen LogP) is 0.869. The van der Waals surface area contributed by atoms with Crippen molar-refractivity contribution in [2.45, 2.75) is 0 Å². The molecular weight excluding hydrogens is 282 g/mol. The highest BCUT2D eigenvalue weighted by atomic mass is 35.5. The third kappa shape index (κ3) is 2.64. The molecule has 0 aromatic heterocycles. The van der Waals surface area contributed by atoms with Gasteiger partial charge in [-0.3, -0.25) is 14.5 Å². The number of carbonyl (C=O) groups is 2. The fourth-order valence-electron chi connectivity index (χ4n) is 1.77. The summed E-state index contributed by atoms with van der Waals surface area (Å²) in [4.78, 5) is 24.4. The Labute approximate surface area is 119 Å². The number of halogens is 1. The smallest absolute Gasteiger partial charge is 0.277 e. The second-order valence-corrected chi connectivity index (χ2v) is 4.44. The highest BCUT2D eigenvalue weighted by Crippen LogP contribution is 2.23. The van der Waals surface area contributed by atoms with Crippen LogP contribution in [0.4, 0.5) is 5.69 Å². The van der Waals surface area contributed by atoms with Crippen molar-refractivity contribution in [1.82, 2.24) is 4.90 Å². The molecule has 7 heteroatoms. The maximum atomic E-state index is 11.9. The second-order valence-electron chi connectivity index (χ2n) is 4.00. The lowest BCUT2D eigenvalue weighted by atomic mass is 10.2. The van der Waals surface area contributed by atoms with Crippen molar-refractivity contribution >= 4 is 29.1 Å². The molecule has 0 radical (unpaired) electrons. The van der Waals surface area contributed by atoms with Gasteiger partial charge in [0, 0.05) is 11.1 Å². The molecule has 6 nitrogen and oxygen atoms in total. The van der Waals surface area contributed by atoms with Crippen LogP contribution in [0, 0.1) is 11.3 Å². The van der Waals surface area contributed by atoms with E-state index >= 15 is 0 Å². The summed E-state index contributed by atoms with van der Waals surface area (Å²) in [6.45, 7) is -0.376. The topological polar surface area (TPSA) is 93.4 Å². The number of carbonyl (C=O) groups excluding carboxylic acids is 2. The van der Waals surface area contributed by atoms with Crippen molar-refractivity contribution < 1.29 is 14.7 Å². The number of aliphatic hydroxyl groups is 1. The van der Waals surface area contributed by atoms with E-state index in [4.69, 9.17) is 22.0 Å². The summed E-state index contributed by atoms with van der Waals surface area (Å²) in [7, 11) is 0. The molecule has 2 amide bonds. The molecule has 0 bridgehead atoms. The zero-order chi connectivity index (χ0) is 14.7. The third-order valence-electron chi connectivity index (χ3n) is 2.70. The van der Waals surface area contributed by atoms with Crippen LogP contribution < -0.4 is 5.32 Å². The van der Waals surface area contributed by atoms with Gasteiger partial charge >= 0.3 is 0 Å². The Morgan fingerprint density at radius 2 is 2.15 bits per heavy atom. The molecule has 0 fully saturated rings. The number of benzene rings is 1. The van der Waals surface area contributed by atoms with Gasteiger partial charge in [0.1, 0.15) is 11.8 Å². The summed E-state index contributed by atoms with van der Waals surface area (Å²) in [5.74, 6) is -1.06. The standard InChI is InChI=1S/C13H10ClN3O3/c14-9-2-1-8(7-15)10(5-9)16-11-6-12(19)17(3-4-18)13(11)20/h1-2,5-6,16,18H,3-4H2. The van der Waals surface area contributed by atoms with Gasteiger partial charge < -0.3 is 10.4 Å².